The molecule has 1 atom stereocenters. The number of rotatable bonds is 4. The fraction of sp³-hybridized carbons (Fsp3) is 0.286. The predicted molar refractivity (Wildman–Crippen MR) is 73.9 cm³/mol. The predicted octanol–water partition coefficient (Wildman–Crippen LogP) is 1.42. The highest BCUT2D eigenvalue weighted by atomic mass is 16.2. The highest BCUT2D eigenvalue weighted by Gasteiger charge is 2.17. The zero-order valence-electron chi connectivity index (χ0n) is 11.0. The van der Waals surface area contributed by atoms with E-state index in [9.17, 15) is 9.59 Å². The minimum Gasteiger partial charge on any atom is -0.361 e. The molecule has 0 fully saturated rings. The Labute approximate surface area is 111 Å². The van der Waals surface area contributed by atoms with Gasteiger partial charge in [0.2, 0.25) is 5.91 Å². The molecule has 0 aliphatic rings. The normalized spacial score (nSPS) is 12.1. The number of nitrogens with one attached hydrogen (secondary N) is 3. The number of aromatic amines is 1. The van der Waals surface area contributed by atoms with E-state index in [1.54, 1.807) is 19.2 Å². The molecule has 0 radical (unpaired) electrons. The Kier molecular flexibility index (Phi) is 3.85. The largest absolute Gasteiger partial charge is 0.361 e. The van der Waals surface area contributed by atoms with Crippen LogP contribution in [0, 0.1) is 0 Å². The molecule has 2 rings (SSSR count). The van der Waals surface area contributed by atoms with Crippen molar-refractivity contribution in [2.24, 2.45) is 0 Å². The number of benzene rings is 1. The SMILES string of the molecule is CCNC(=O)C(C)NC(=O)c1cccc2cc[nH]c12. The van der Waals surface area contributed by atoms with Gasteiger partial charge >= 0.3 is 0 Å². The first-order valence-electron chi connectivity index (χ1n) is 6.28. The van der Waals surface area contributed by atoms with E-state index in [2.05, 4.69) is 15.6 Å². The lowest BCUT2D eigenvalue weighted by atomic mass is 10.1. The Bertz CT molecular complexity index is 604. The molecule has 2 aromatic rings. The number of amides is 2. The average molecular weight is 259 g/mol. The number of carbonyl (C=O) groups is 2. The zero-order valence-corrected chi connectivity index (χ0v) is 11.0. The van der Waals surface area contributed by atoms with Crippen LogP contribution in [0.25, 0.3) is 10.9 Å². The van der Waals surface area contributed by atoms with Crippen LogP contribution in [-0.4, -0.2) is 29.4 Å². The van der Waals surface area contributed by atoms with Gasteiger partial charge in [-0.15, -0.1) is 0 Å². The molecule has 1 aromatic carbocycles. The van der Waals surface area contributed by atoms with Gasteiger partial charge < -0.3 is 15.6 Å². The van der Waals surface area contributed by atoms with Gasteiger partial charge in [-0.3, -0.25) is 9.59 Å². The fourth-order valence-electron chi connectivity index (χ4n) is 1.94. The molecule has 1 unspecified atom stereocenters. The first-order valence-corrected chi connectivity index (χ1v) is 6.28. The number of para-hydroxylation sites is 1. The summed E-state index contributed by atoms with van der Waals surface area (Å²) >= 11 is 0. The Balaban J connectivity index is 2.16. The monoisotopic (exact) mass is 259 g/mol. The number of fused-ring (bicyclic) bond motifs is 1. The fourth-order valence-corrected chi connectivity index (χ4v) is 1.94. The molecule has 100 valence electrons. The molecule has 1 heterocycles. The van der Waals surface area contributed by atoms with Gasteiger partial charge in [0.15, 0.2) is 0 Å². The summed E-state index contributed by atoms with van der Waals surface area (Å²) in [7, 11) is 0. The van der Waals surface area contributed by atoms with Crippen molar-refractivity contribution >= 4 is 22.7 Å². The van der Waals surface area contributed by atoms with Crippen molar-refractivity contribution in [2.45, 2.75) is 19.9 Å². The molecular weight excluding hydrogens is 242 g/mol. The molecule has 0 saturated carbocycles. The molecule has 0 bridgehead atoms. The topological polar surface area (TPSA) is 74.0 Å². The van der Waals surface area contributed by atoms with Gasteiger partial charge in [0.1, 0.15) is 6.04 Å². The summed E-state index contributed by atoms with van der Waals surface area (Å²) in [5.74, 6) is -0.443. The van der Waals surface area contributed by atoms with Crippen LogP contribution in [0.1, 0.15) is 24.2 Å². The minimum atomic E-state index is -0.558. The van der Waals surface area contributed by atoms with Crippen LogP contribution in [0.2, 0.25) is 0 Å². The van der Waals surface area contributed by atoms with Gasteiger partial charge in [-0.2, -0.15) is 0 Å². The minimum absolute atomic E-state index is 0.186. The maximum absolute atomic E-state index is 12.2. The quantitative estimate of drug-likeness (QED) is 0.777. The standard InChI is InChI=1S/C14H17N3O2/c1-3-15-13(18)9(2)17-14(19)11-6-4-5-10-7-8-16-12(10)11/h4-9,16H,3H2,1-2H3,(H,15,18)(H,17,19). The van der Waals surface area contributed by atoms with Crippen LogP contribution in [0.15, 0.2) is 30.5 Å². The molecule has 0 spiro atoms. The smallest absolute Gasteiger partial charge is 0.254 e. The summed E-state index contributed by atoms with van der Waals surface area (Å²) in [6, 6.07) is 6.83. The lowest BCUT2D eigenvalue weighted by Gasteiger charge is -2.13. The number of hydrogen-bond donors (Lipinski definition) is 3. The zero-order chi connectivity index (χ0) is 13.8. The lowest BCUT2D eigenvalue weighted by molar-refractivity contribution is -0.122. The van der Waals surface area contributed by atoms with Crippen molar-refractivity contribution in [1.29, 1.82) is 0 Å². The summed E-state index contributed by atoms with van der Waals surface area (Å²) < 4.78 is 0. The summed E-state index contributed by atoms with van der Waals surface area (Å²) in [6.45, 7) is 4.05. The second-order valence-electron chi connectivity index (χ2n) is 4.34. The van der Waals surface area contributed by atoms with E-state index in [1.165, 1.54) is 0 Å². The van der Waals surface area contributed by atoms with Gasteiger partial charge in [-0.05, 0) is 26.0 Å². The van der Waals surface area contributed by atoms with Crippen LogP contribution in [-0.2, 0) is 4.79 Å². The maximum Gasteiger partial charge on any atom is 0.254 e. The summed E-state index contributed by atoms with van der Waals surface area (Å²) in [5.41, 5.74) is 1.32. The van der Waals surface area contributed by atoms with E-state index in [0.717, 1.165) is 10.9 Å². The van der Waals surface area contributed by atoms with Crippen molar-refractivity contribution in [3.63, 3.8) is 0 Å². The van der Waals surface area contributed by atoms with Crippen molar-refractivity contribution in [1.82, 2.24) is 15.6 Å². The van der Waals surface area contributed by atoms with Crippen molar-refractivity contribution in [3.8, 4) is 0 Å². The number of H-pyrrole nitrogens is 1. The second kappa shape index (κ2) is 5.56. The van der Waals surface area contributed by atoms with Crippen LogP contribution in [0.5, 0.6) is 0 Å². The van der Waals surface area contributed by atoms with Crippen molar-refractivity contribution in [2.75, 3.05) is 6.54 Å². The van der Waals surface area contributed by atoms with E-state index in [1.807, 2.05) is 25.1 Å². The van der Waals surface area contributed by atoms with E-state index in [-0.39, 0.29) is 11.8 Å². The molecular formula is C14H17N3O2. The molecule has 5 heteroatoms. The molecule has 2 amide bonds. The molecule has 5 nitrogen and oxygen atoms in total. The molecule has 0 aliphatic heterocycles. The molecule has 0 aliphatic carbocycles. The van der Waals surface area contributed by atoms with E-state index < -0.39 is 6.04 Å². The summed E-state index contributed by atoms with van der Waals surface area (Å²) in [4.78, 5) is 26.8. The number of carbonyl (C=O) groups excluding carboxylic acids is 2. The first-order chi connectivity index (χ1) is 9.13. The third kappa shape index (κ3) is 2.76. The highest BCUT2D eigenvalue weighted by molar-refractivity contribution is 6.06. The number of likely N-dealkylation sites (N-methyl/N-ethyl adjacent to an activating group) is 1. The number of hydrogen-bond acceptors (Lipinski definition) is 2. The van der Waals surface area contributed by atoms with Crippen LogP contribution in [0.3, 0.4) is 0 Å². The maximum atomic E-state index is 12.2. The highest BCUT2D eigenvalue weighted by Crippen LogP contribution is 2.16. The van der Waals surface area contributed by atoms with E-state index in [4.69, 9.17) is 0 Å². The van der Waals surface area contributed by atoms with Crippen LogP contribution < -0.4 is 10.6 Å². The van der Waals surface area contributed by atoms with Gasteiger partial charge in [-0.1, -0.05) is 12.1 Å². The van der Waals surface area contributed by atoms with Crippen LogP contribution >= 0.6 is 0 Å². The summed E-state index contributed by atoms with van der Waals surface area (Å²) in [5, 5.41) is 6.34. The Morgan fingerprint density at radius 2 is 2.11 bits per heavy atom. The number of aromatic nitrogens is 1. The first kappa shape index (κ1) is 13.1. The Morgan fingerprint density at radius 3 is 2.84 bits per heavy atom. The van der Waals surface area contributed by atoms with Crippen molar-refractivity contribution in [3.05, 3.63) is 36.0 Å². The lowest BCUT2D eigenvalue weighted by Crippen LogP contribution is -2.44. The molecule has 3 N–H and O–H groups in total. The third-order valence-electron chi connectivity index (χ3n) is 2.92. The van der Waals surface area contributed by atoms with Gasteiger partial charge in [-0.25, -0.2) is 0 Å². The molecule has 0 saturated heterocycles. The average Bonchev–Trinajstić information content (AvgIpc) is 2.86. The van der Waals surface area contributed by atoms with Crippen LogP contribution in [0.4, 0.5) is 0 Å². The van der Waals surface area contributed by atoms with Crippen molar-refractivity contribution < 1.29 is 9.59 Å². The van der Waals surface area contributed by atoms with Gasteiger partial charge in [0.25, 0.3) is 5.91 Å². The van der Waals surface area contributed by atoms with Gasteiger partial charge in [0, 0.05) is 18.1 Å². The summed E-state index contributed by atoms with van der Waals surface area (Å²) in [6.07, 6.45) is 1.79. The van der Waals surface area contributed by atoms with Gasteiger partial charge in [0.05, 0.1) is 11.1 Å². The second-order valence-corrected chi connectivity index (χ2v) is 4.34. The third-order valence-corrected chi connectivity index (χ3v) is 2.92. The molecule has 19 heavy (non-hydrogen) atoms. The van der Waals surface area contributed by atoms with E-state index in [0.29, 0.717) is 12.1 Å². The van der Waals surface area contributed by atoms with E-state index >= 15 is 0 Å². The molecule has 1 aromatic heterocycles. The Hall–Kier alpha value is -2.30. The Morgan fingerprint density at radius 1 is 1.32 bits per heavy atom.